The van der Waals surface area contributed by atoms with E-state index in [0.29, 0.717) is 5.92 Å². The van der Waals surface area contributed by atoms with Gasteiger partial charge < -0.3 is 4.57 Å². The molecule has 0 bridgehead atoms. The van der Waals surface area contributed by atoms with Gasteiger partial charge in [0.25, 0.3) is 5.91 Å². The van der Waals surface area contributed by atoms with Crippen LogP contribution in [0.1, 0.15) is 43.7 Å². The van der Waals surface area contributed by atoms with Crippen molar-refractivity contribution in [3.8, 4) is 0 Å². The Morgan fingerprint density at radius 3 is 2.41 bits per heavy atom. The zero-order chi connectivity index (χ0) is 25.2. The van der Waals surface area contributed by atoms with Gasteiger partial charge in [-0.3, -0.25) is 9.69 Å². The van der Waals surface area contributed by atoms with Crippen LogP contribution in [0.15, 0.2) is 101 Å². The molecule has 186 valence electrons. The molecule has 0 unspecified atom stereocenters. The van der Waals surface area contributed by atoms with E-state index in [4.69, 9.17) is 4.99 Å². The summed E-state index contributed by atoms with van der Waals surface area (Å²) < 4.78 is 2.28. The lowest BCUT2D eigenvalue weighted by Crippen LogP contribution is -2.44. The van der Waals surface area contributed by atoms with Crippen LogP contribution in [0.2, 0.25) is 0 Å². The molecule has 1 aromatic heterocycles. The van der Waals surface area contributed by atoms with Crippen LogP contribution in [0, 0.1) is 5.92 Å². The SMILES string of the molecule is C[C@H]1CCCC[C@H]1N1C(=O)/C(=C/c2cn(Cc3ccccc3)c3ccccc23)SC1=Nc1ccccc1. The summed E-state index contributed by atoms with van der Waals surface area (Å²) in [6, 6.07) is 29.1. The highest BCUT2D eigenvalue weighted by Gasteiger charge is 2.41. The Morgan fingerprint density at radius 2 is 1.62 bits per heavy atom. The highest BCUT2D eigenvalue weighted by atomic mass is 32.2. The maximum atomic E-state index is 13.9. The lowest BCUT2D eigenvalue weighted by molar-refractivity contribution is -0.124. The number of benzene rings is 3. The summed E-state index contributed by atoms with van der Waals surface area (Å²) in [6.07, 6.45) is 8.84. The van der Waals surface area contributed by atoms with Crippen LogP contribution in [-0.4, -0.2) is 26.6 Å². The molecule has 1 amide bonds. The Balaban J connectivity index is 1.40. The van der Waals surface area contributed by atoms with Crippen molar-refractivity contribution in [2.45, 2.75) is 45.2 Å². The van der Waals surface area contributed by atoms with E-state index >= 15 is 0 Å². The van der Waals surface area contributed by atoms with E-state index in [2.05, 4.69) is 72.3 Å². The van der Waals surface area contributed by atoms with Gasteiger partial charge in [-0.2, -0.15) is 0 Å². The molecule has 1 saturated carbocycles. The number of carbonyl (C=O) groups is 1. The van der Waals surface area contributed by atoms with Gasteiger partial charge in [0.15, 0.2) is 5.17 Å². The zero-order valence-corrected chi connectivity index (χ0v) is 21.9. The van der Waals surface area contributed by atoms with Crippen molar-refractivity contribution in [3.63, 3.8) is 0 Å². The fourth-order valence-electron chi connectivity index (χ4n) is 5.59. The van der Waals surface area contributed by atoms with E-state index in [1.807, 2.05) is 41.3 Å². The number of para-hydroxylation sites is 2. The van der Waals surface area contributed by atoms with Crippen molar-refractivity contribution in [1.29, 1.82) is 0 Å². The fraction of sp³-hybridized carbons (Fsp3) is 0.250. The van der Waals surface area contributed by atoms with Crippen LogP contribution in [0.5, 0.6) is 0 Å². The molecular weight excluding hydrogens is 474 g/mol. The van der Waals surface area contributed by atoms with Crippen molar-refractivity contribution in [3.05, 3.63) is 107 Å². The molecule has 5 heteroatoms. The third-order valence-electron chi connectivity index (χ3n) is 7.52. The second-order valence-electron chi connectivity index (χ2n) is 10.1. The average Bonchev–Trinajstić information content (AvgIpc) is 3.42. The predicted octanol–water partition coefficient (Wildman–Crippen LogP) is 7.87. The Kier molecular flexibility index (Phi) is 6.71. The number of amides is 1. The molecule has 1 aliphatic carbocycles. The largest absolute Gasteiger partial charge is 0.342 e. The van der Waals surface area contributed by atoms with E-state index in [0.717, 1.165) is 52.5 Å². The third kappa shape index (κ3) is 4.88. The summed E-state index contributed by atoms with van der Waals surface area (Å²) in [5.74, 6) is 0.546. The van der Waals surface area contributed by atoms with E-state index in [1.165, 1.54) is 29.3 Å². The first-order valence-electron chi connectivity index (χ1n) is 13.2. The second kappa shape index (κ2) is 10.4. The topological polar surface area (TPSA) is 37.6 Å². The third-order valence-corrected chi connectivity index (χ3v) is 8.50. The Hall–Kier alpha value is -3.57. The number of fused-ring (bicyclic) bond motifs is 1. The molecule has 2 aliphatic rings. The number of nitrogens with zero attached hydrogens (tertiary/aromatic N) is 3. The van der Waals surface area contributed by atoms with Crippen molar-refractivity contribution < 1.29 is 4.79 Å². The number of rotatable bonds is 5. The first-order valence-corrected chi connectivity index (χ1v) is 14.0. The molecule has 0 N–H and O–H groups in total. The molecule has 1 saturated heterocycles. The number of aliphatic imine (C=N–C) groups is 1. The minimum Gasteiger partial charge on any atom is -0.342 e. The molecule has 37 heavy (non-hydrogen) atoms. The second-order valence-corrected chi connectivity index (χ2v) is 11.1. The van der Waals surface area contributed by atoms with Crippen LogP contribution >= 0.6 is 11.8 Å². The van der Waals surface area contributed by atoms with E-state index in [9.17, 15) is 4.79 Å². The number of aromatic nitrogens is 1. The molecule has 2 atom stereocenters. The Bertz CT molecular complexity index is 1470. The van der Waals surface area contributed by atoms with Gasteiger partial charge in [0.2, 0.25) is 0 Å². The molecular formula is C32H31N3OS. The minimum atomic E-state index is 0.0818. The van der Waals surface area contributed by atoms with Crippen LogP contribution in [0.4, 0.5) is 5.69 Å². The lowest BCUT2D eigenvalue weighted by atomic mass is 9.85. The Labute approximate surface area is 222 Å². The fourth-order valence-corrected chi connectivity index (χ4v) is 6.63. The van der Waals surface area contributed by atoms with Gasteiger partial charge in [0.1, 0.15) is 0 Å². The summed E-state index contributed by atoms with van der Waals surface area (Å²) in [5, 5.41) is 1.96. The van der Waals surface area contributed by atoms with Gasteiger partial charge in [-0.25, -0.2) is 4.99 Å². The average molecular weight is 506 g/mol. The van der Waals surface area contributed by atoms with Crippen molar-refractivity contribution in [1.82, 2.24) is 9.47 Å². The van der Waals surface area contributed by atoms with Crippen molar-refractivity contribution in [2.24, 2.45) is 10.9 Å². The summed E-state index contributed by atoms with van der Waals surface area (Å²) in [6.45, 7) is 3.07. The van der Waals surface area contributed by atoms with Gasteiger partial charge in [-0.05, 0) is 60.4 Å². The summed E-state index contributed by atoms with van der Waals surface area (Å²) in [5.41, 5.74) is 4.38. The lowest BCUT2D eigenvalue weighted by Gasteiger charge is -2.35. The monoisotopic (exact) mass is 505 g/mol. The van der Waals surface area contributed by atoms with Gasteiger partial charge in [-0.15, -0.1) is 0 Å². The van der Waals surface area contributed by atoms with E-state index in [1.54, 1.807) is 0 Å². The molecule has 4 nitrogen and oxygen atoms in total. The van der Waals surface area contributed by atoms with Crippen molar-refractivity contribution >= 4 is 45.5 Å². The van der Waals surface area contributed by atoms with Crippen LogP contribution in [-0.2, 0) is 11.3 Å². The number of amidine groups is 1. The zero-order valence-electron chi connectivity index (χ0n) is 21.1. The Morgan fingerprint density at radius 1 is 0.919 bits per heavy atom. The maximum absolute atomic E-state index is 13.9. The van der Waals surface area contributed by atoms with Gasteiger partial charge in [0, 0.05) is 35.2 Å². The van der Waals surface area contributed by atoms with Crippen LogP contribution in [0.3, 0.4) is 0 Å². The van der Waals surface area contributed by atoms with Gasteiger partial charge in [-0.1, -0.05) is 86.5 Å². The molecule has 2 fully saturated rings. The summed E-state index contributed by atoms with van der Waals surface area (Å²) in [4.78, 5) is 21.6. The molecule has 6 rings (SSSR count). The quantitative estimate of drug-likeness (QED) is 0.259. The van der Waals surface area contributed by atoms with E-state index in [-0.39, 0.29) is 11.9 Å². The highest BCUT2D eigenvalue weighted by molar-refractivity contribution is 8.18. The summed E-state index contributed by atoms with van der Waals surface area (Å²) >= 11 is 1.51. The van der Waals surface area contributed by atoms with Crippen molar-refractivity contribution in [2.75, 3.05) is 0 Å². The number of thioether (sulfide) groups is 1. The van der Waals surface area contributed by atoms with Gasteiger partial charge in [0.05, 0.1) is 10.6 Å². The molecule has 2 heterocycles. The molecule has 0 radical (unpaired) electrons. The van der Waals surface area contributed by atoms with Crippen LogP contribution < -0.4 is 0 Å². The standard InChI is InChI=1S/C32H31N3OS/c1-23-12-8-10-18-28(23)35-31(36)30(37-32(35)33-26-15-6-3-7-16-26)20-25-22-34(21-24-13-4-2-5-14-24)29-19-11-9-17-27(25)29/h2-7,9,11,13-17,19-20,22-23,28H,8,10,12,18,21H2,1H3/b30-20-,33-32?/t23-,28+/m0/s1. The smallest absolute Gasteiger partial charge is 0.267 e. The first-order chi connectivity index (χ1) is 18.2. The maximum Gasteiger partial charge on any atom is 0.267 e. The predicted molar refractivity (Wildman–Crippen MR) is 155 cm³/mol. The molecule has 4 aromatic rings. The molecule has 0 spiro atoms. The van der Waals surface area contributed by atoms with E-state index < -0.39 is 0 Å². The number of carbonyl (C=O) groups excluding carboxylic acids is 1. The summed E-state index contributed by atoms with van der Waals surface area (Å²) in [7, 11) is 0. The normalized spacial score (nSPS) is 22.4. The highest BCUT2D eigenvalue weighted by Crippen LogP contribution is 2.40. The first kappa shape index (κ1) is 23.8. The number of hydrogen-bond donors (Lipinski definition) is 0. The molecule has 3 aromatic carbocycles. The van der Waals surface area contributed by atoms with Crippen LogP contribution in [0.25, 0.3) is 17.0 Å². The molecule has 1 aliphatic heterocycles. The minimum absolute atomic E-state index is 0.0818. The number of hydrogen-bond acceptors (Lipinski definition) is 3. The van der Waals surface area contributed by atoms with Gasteiger partial charge >= 0.3 is 0 Å².